The van der Waals surface area contributed by atoms with Gasteiger partial charge in [0.1, 0.15) is 0 Å². The van der Waals surface area contributed by atoms with Crippen molar-refractivity contribution >= 4 is 17.8 Å². The number of hydrogen-bond acceptors (Lipinski definition) is 6. The number of unbranched alkanes of at least 4 members (excludes halogenated alkanes) is 1. The fourth-order valence-electron chi connectivity index (χ4n) is 3.99. The quantitative estimate of drug-likeness (QED) is 0.325. The zero-order valence-corrected chi connectivity index (χ0v) is 20.5. The second-order valence-electron chi connectivity index (χ2n) is 8.23. The van der Waals surface area contributed by atoms with Crippen LogP contribution < -0.4 is 9.47 Å². The van der Waals surface area contributed by atoms with Gasteiger partial charge in [-0.15, -0.1) is 0 Å². The summed E-state index contributed by atoms with van der Waals surface area (Å²) in [5.74, 6) is -0.450. The fourth-order valence-corrected chi connectivity index (χ4v) is 3.99. The third kappa shape index (κ3) is 6.31. The molecule has 1 heterocycles. The van der Waals surface area contributed by atoms with E-state index in [-0.39, 0.29) is 5.57 Å². The summed E-state index contributed by atoms with van der Waals surface area (Å²) in [6.45, 7) is 3.41. The van der Waals surface area contributed by atoms with Crippen molar-refractivity contribution in [3.8, 4) is 11.5 Å². The van der Waals surface area contributed by atoms with Gasteiger partial charge in [-0.2, -0.15) is 0 Å². The molecule has 1 unspecified atom stereocenters. The SMILES string of the molecule is CCCCOc1ccc(C2C(C(=O)/C=C/c3ccccc3)=C(O)C(=O)N2CCCOC)cc1OC. The topological polar surface area (TPSA) is 85.3 Å². The molecule has 0 aliphatic carbocycles. The van der Waals surface area contributed by atoms with Gasteiger partial charge in [-0.3, -0.25) is 9.59 Å². The molecule has 1 N–H and O–H groups in total. The molecule has 3 rings (SSSR count). The summed E-state index contributed by atoms with van der Waals surface area (Å²) < 4.78 is 16.5. The van der Waals surface area contributed by atoms with Gasteiger partial charge < -0.3 is 24.2 Å². The maximum Gasteiger partial charge on any atom is 0.290 e. The number of benzene rings is 2. The lowest BCUT2D eigenvalue weighted by atomic mass is 9.95. The molecular weight excluding hydrogens is 446 g/mol. The van der Waals surface area contributed by atoms with Crippen molar-refractivity contribution < 1.29 is 28.9 Å². The van der Waals surface area contributed by atoms with E-state index in [4.69, 9.17) is 14.2 Å². The van der Waals surface area contributed by atoms with E-state index in [1.807, 2.05) is 30.3 Å². The summed E-state index contributed by atoms with van der Waals surface area (Å²) in [6, 6.07) is 14.0. The van der Waals surface area contributed by atoms with Crippen molar-refractivity contribution in [1.29, 1.82) is 0 Å². The molecule has 186 valence electrons. The average molecular weight is 480 g/mol. The number of carbonyl (C=O) groups is 2. The third-order valence-electron chi connectivity index (χ3n) is 5.80. The van der Waals surface area contributed by atoms with Gasteiger partial charge in [-0.1, -0.05) is 55.8 Å². The van der Waals surface area contributed by atoms with E-state index in [9.17, 15) is 14.7 Å². The van der Waals surface area contributed by atoms with Crippen LogP contribution >= 0.6 is 0 Å². The Balaban J connectivity index is 1.97. The third-order valence-corrected chi connectivity index (χ3v) is 5.80. The highest BCUT2D eigenvalue weighted by molar-refractivity contribution is 6.14. The number of carbonyl (C=O) groups excluding carboxylic acids is 2. The molecule has 7 nitrogen and oxygen atoms in total. The highest BCUT2D eigenvalue weighted by Gasteiger charge is 2.42. The number of nitrogens with zero attached hydrogens (tertiary/aromatic N) is 1. The van der Waals surface area contributed by atoms with Crippen LogP contribution in [0.3, 0.4) is 0 Å². The van der Waals surface area contributed by atoms with Crippen LogP contribution in [0.4, 0.5) is 0 Å². The van der Waals surface area contributed by atoms with Gasteiger partial charge in [-0.25, -0.2) is 0 Å². The minimum atomic E-state index is -0.758. The van der Waals surface area contributed by atoms with Crippen molar-refractivity contribution in [2.45, 2.75) is 32.2 Å². The predicted octanol–water partition coefficient (Wildman–Crippen LogP) is 4.89. The van der Waals surface area contributed by atoms with Gasteiger partial charge in [-0.05, 0) is 42.2 Å². The van der Waals surface area contributed by atoms with Crippen LogP contribution in [0.25, 0.3) is 6.08 Å². The summed E-state index contributed by atoms with van der Waals surface area (Å²) >= 11 is 0. The number of allylic oxidation sites excluding steroid dienone is 1. The second-order valence-corrected chi connectivity index (χ2v) is 8.23. The molecule has 1 aliphatic rings. The van der Waals surface area contributed by atoms with E-state index in [1.54, 1.807) is 38.5 Å². The number of hydrogen-bond donors (Lipinski definition) is 1. The molecule has 1 amide bonds. The molecule has 0 fully saturated rings. The summed E-state index contributed by atoms with van der Waals surface area (Å²) in [7, 11) is 3.13. The number of aliphatic hydroxyl groups excluding tert-OH is 1. The van der Waals surface area contributed by atoms with Gasteiger partial charge in [0.05, 0.1) is 25.3 Å². The van der Waals surface area contributed by atoms with E-state index in [0.717, 1.165) is 18.4 Å². The van der Waals surface area contributed by atoms with Gasteiger partial charge in [0, 0.05) is 20.3 Å². The van der Waals surface area contributed by atoms with Crippen molar-refractivity contribution in [2.24, 2.45) is 0 Å². The van der Waals surface area contributed by atoms with Gasteiger partial charge in [0.2, 0.25) is 0 Å². The minimum absolute atomic E-state index is 0.0429. The first-order valence-electron chi connectivity index (χ1n) is 11.8. The van der Waals surface area contributed by atoms with E-state index >= 15 is 0 Å². The monoisotopic (exact) mass is 479 g/mol. The Kier molecular flexibility index (Phi) is 9.49. The Bertz CT molecular complexity index is 1080. The van der Waals surface area contributed by atoms with Gasteiger partial charge in [0.15, 0.2) is 23.0 Å². The van der Waals surface area contributed by atoms with E-state index < -0.39 is 23.5 Å². The lowest BCUT2D eigenvalue weighted by Gasteiger charge is -2.27. The van der Waals surface area contributed by atoms with Gasteiger partial charge >= 0.3 is 0 Å². The van der Waals surface area contributed by atoms with Crippen molar-refractivity contribution in [2.75, 3.05) is 34.0 Å². The van der Waals surface area contributed by atoms with Crippen molar-refractivity contribution in [1.82, 2.24) is 4.90 Å². The minimum Gasteiger partial charge on any atom is -0.503 e. The van der Waals surface area contributed by atoms with E-state index in [0.29, 0.717) is 43.2 Å². The molecule has 0 radical (unpaired) electrons. The Morgan fingerprint density at radius 1 is 1.06 bits per heavy atom. The predicted molar refractivity (Wildman–Crippen MR) is 134 cm³/mol. The molecule has 0 spiro atoms. The highest BCUT2D eigenvalue weighted by atomic mass is 16.5. The number of aliphatic hydroxyl groups is 1. The van der Waals surface area contributed by atoms with Crippen LogP contribution in [0.1, 0.15) is 43.4 Å². The van der Waals surface area contributed by atoms with Crippen LogP contribution in [-0.2, 0) is 14.3 Å². The summed E-state index contributed by atoms with van der Waals surface area (Å²) in [4.78, 5) is 27.8. The maximum absolute atomic E-state index is 13.3. The standard InChI is InChI=1S/C28H33NO6/c1-4-5-18-35-23-15-13-21(19-24(23)34-3)26-25(22(30)14-12-20-10-7-6-8-11-20)27(31)28(32)29(26)16-9-17-33-2/h6-8,10-15,19,26,31H,4-5,9,16-18H2,1-3H3/b14-12+. The number of methoxy groups -OCH3 is 2. The molecule has 0 saturated heterocycles. The zero-order valence-electron chi connectivity index (χ0n) is 20.5. The summed E-state index contributed by atoms with van der Waals surface area (Å²) in [5, 5.41) is 10.8. The largest absolute Gasteiger partial charge is 0.503 e. The number of ketones is 1. The Labute approximate surface area is 206 Å². The first kappa shape index (κ1) is 26.0. The summed E-state index contributed by atoms with van der Waals surface area (Å²) in [6.07, 6.45) is 5.54. The lowest BCUT2D eigenvalue weighted by molar-refractivity contribution is -0.129. The zero-order chi connectivity index (χ0) is 25.2. The smallest absolute Gasteiger partial charge is 0.290 e. The van der Waals surface area contributed by atoms with Crippen LogP contribution in [-0.4, -0.2) is 55.7 Å². The molecule has 0 bridgehead atoms. The summed E-state index contributed by atoms with van der Waals surface area (Å²) in [5.41, 5.74) is 1.53. The molecule has 0 saturated carbocycles. The molecule has 1 atom stereocenters. The average Bonchev–Trinajstić information content (AvgIpc) is 3.13. The second kappa shape index (κ2) is 12.8. The molecule has 1 aliphatic heterocycles. The lowest BCUT2D eigenvalue weighted by Crippen LogP contribution is -2.32. The Morgan fingerprint density at radius 2 is 1.83 bits per heavy atom. The van der Waals surface area contributed by atoms with Crippen LogP contribution in [0, 0.1) is 0 Å². The first-order chi connectivity index (χ1) is 17.0. The maximum atomic E-state index is 13.3. The van der Waals surface area contributed by atoms with E-state index in [2.05, 4.69) is 6.92 Å². The molecular formula is C28H33NO6. The fraction of sp³-hybridized carbons (Fsp3) is 0.357. The molecule has 2 aromatic rings. The number of rotatable bonds is 13. The first-order valence-corrected chi connectivity index (χ1v) is 11.8. The van der Waals surface area contributed by atoms with Crippen molar-refractivity contribution in [3.05, 3.63) is 77.1 Å². The van der Waals surface area contributed by atoms with E-state index in [1.165, 1.54) is 11.0 Å². The van der Waals surface area contributed by atoms with Crippen LogP contribution in [0.2, 0.25) is 0 Å². The van der Waals surface area contributed by atoms with Crippen LogP contribution in [0.15, 0.2) is 65.9 Å². The number of ether oxygens (including phenoxy) is 3. The molecule has 0 aromatic heterocycles. The molecule has 7 heteroatoms. The van der Waals surface area contributed by atoms with Gasteiger partial charge in [0.25, 0.3) is 5.91 Å². The van der Waals surface area contributed by atoms with Crippen LogP contribution in [0.5, 0.6) is 11.5 Å². The Morgan fingerprint density at radius 3 is 2.51 bits per heavy atom. The van der Waals surface area contributed by atoms with Crippen molar-refractivity contribution in [3.63, 3.8) is 0 Å². The highest BCUT2D eigenvalue weighted by Crippen LogP contribution is 2.41. The normalized spacial score (nSPS) is 15.8. The molecule has 35 heavy (non-hydrogen) atoms. The Hall–Kier alpha value is -3.58. The number of amides is 1. The molecule has 2 aromatic carbocycles.